The standard InChI is InChI=1S/C14H32O2Si/c1-7-11-12-16-14(6,9-3)17-13(5,8-2)15-10-4/h7-12,17H2,1-6H3. The summed E-state index contributed by atoms with van der Waals surface area (Å²) < 4.78 is 12.1. The van der Waals surface area contributed by atoms with E-state index >= 15 is 0 Å². The van der Waals surface area contributed by atoms with E-state index in [0.29, 0.717) is 0 Å². The van der Waals surface area contributed by atoms with Gasteiger partial charge in [0.05, 0.1) is 20.0 Å². The van der Waals surface area contributed by atoms with Crippen LogP contribution in [0.2, 0.25) is 0 Å². The molecule has 0 aromatic heterocycles. The van der Waals surface area contributed by atoms with Crippen LogP contribution in [-0.4, -0.2) is 33.2 Å². The summed E-state index contributed by atoms with van der Waals surface area (Å²) in [4.78, 5) is 0. The highest BCUT2D eigenvalue weighted by molar-refractivity contribution is 6.43. The summed E-state index contributed by atoms with van der Waals surface area (Å²) in [6.07, 6.45) is 4.57. The lowest BCUT2D eigenvalue weighted by Gasteiger charge is -2.38. The fourth-order valence-corrected chi connectivity index (χ4v) is 4.79. The Morgan fingerprint density at radius 3 is 1.82 bits per heavy atom. The van der Waals surface area contributed by atoms with Gasteiger partial charge in [-0.05, 0) is 40.0 Å². The van der Waals surface area contributed by atoms with E-state index < -0.39 is 9.52 Å². The highest BCUT2D eigenvalue weighted by atomic mass is 28.2. The van der Waals surface area contributed by atoms with E-state index in [1.165, 1.54) is 12.8 Å². The molecule has 0 heterocycles. The first-order valence-corrected chi connectivity index (χ1v) is 8.64. The number of hydrogen-bond donors (Lipinski definition) is 0. The van der Waals surface area contributed by atoms with Crippen LogP contribution in [0.25, 0.3) is 0 Å². The van der Waals surface area contributed by atoms with Crippen molar-refractivity contribution in [3.8, 4) is 0 Å². The van der Waals surface area contributed by atoms with Gasteiger partial charge in [0, 0.05) is 13.2 Å². The second kappa shape index (κ2) is 8.28. The molecule has 17 heavy (non-hydrogen) atoms. The van der Waals surface area contributed by atoms with Crippen molar-refractivity contribution in [3.05, 3.63) is 0 Å². The minimum atomic E-state index is -0.437. The fraction of sp³-hybridized carbons (Fsp3) is 1.00. The monoisotopic (exact) mass is 260 g/mol. The quantitative estimate of drug-likeness (QED) is 0.443. The molecule has 0 aliphatic rings. The highest BCUT2D eigenvalue weighted by Gasteiger charge is 2.35. The molecule has 0 aromatic carbocycles. The zero-order chi connectivity index (χ0) is 13.4. The van der Waals surface area contributed by atoms with E-state index in [0.717, 1.165) is 26.1 Å². The van der Waals surface area contributed by atoms with Crippen molar-refractivity contribution < 1.29 is 9.47 Å². The van der Waals surface area contributed by atoms with Gasteiger partial charge in [-0.15, -0.1) is 0 Å². The number of unbranched alkanes of at least 4 members (excludes halogenated alkanes) is 1. The maximum Gasteiger partial charge on any atom is 0.0968 e. The van der Waals surface area contributed by atoms with Crippen molar-refractivity contribution in [3.63, 3.8) is 0 Å². The summed E-state index contributed by atoms with van der Waals surface area (Å²) in [5.74, 6) is 0. The van der Waals surface area contributed by atoms with Crippen molar-refractivity contribution >= 4 is 9.52 Å². The van der Waals surface area contributed by atoms with Crippen molar-refractivity contribution in [1.82, 2.24) is 0 Å². The van der Waals surface area contributed by atoms with Crippen LogP contribution < -0.4 is 0 Å². The van der Waals surface area contributed by atoms with Crippen LogP contribution >= 0.6 is 0 Å². The molecule has 2 nitrogen and oxygen atoms in total. The van der Waals surface area contributed by atoms with Gasteiger partial charge in [-0.3, -0.25) is 0 Å². The SMILES string of the molecule is CCCCOC(C)(CC)[SiH2]C(C)(CC)OCC. The zero-order valence-electron chi connectivity index (χ0n) is 12.8. The lowest BCUT2D eigenvalue weighted by molar-refractivity contribution is -0.00521. The third kappa shape index (κ3) is 6.58. The Bertz CT molecular complexity index is 199. The Labute approximate surface area is 110 Å². The predicted octanol–water partition coefficient (Wildman–Crippen LogP) is 3.26. The molecular weight excluding hydrogens is 228 g/mol. The number of hydrogen-bond acceptors (Lipinski definition) is 2. The molecule has 0 saturated carbocycles. The molecule has 0 N–H and O–H groups in total. The van der Waals surface area contributed by atoms with E-state index in [1.807, 2.05) is 0 Å². The number of ether oxygens (including phenoxy) is 2. The molecule has 2 atom stereocenters. The minimum Gasteiger partial charge on any atom is -0.380 e. The average molecular weight is 260 g/mol. The van der Waals surface area contributed by atoms with Gasteiger partial charge >= 0.3 is 0 Å². The normalized spacial score (nSPS) is 19.4. The number of rotatable bonds is 10. The summed E-state index contributed by atoms with van der Waals surface area (Å²) in [7, 11) is -0.437. The lowest BCUT2D eigenvalue weighted by Crippen LogP contribution is -2.50. The van der Waals surface area contributed by atoms with Crippen molar-refractivity contribution in [2.75, 3.05) is 13.2 Å². The molecule has 3 heteroatoms. The van der Waals surface area contributed by atoms with Gasteiger partial charge in [0.1, 0.15) is 0 Å². The topological polar surface area (TPSA) is 18.5 Å². The van der Waals surface area contributed by atoms with E-state index in [-0.39, 0.29) is 10.4 Å². The molecule has 104 valence electrons. The predicted molar refractivity (Wildman–Crippen MR) is 78.4 cm³/mol. The molecule has 0 bridgehead atoms. The molecule has 0 aliphatic carbocycles. The second-order valence-corrected chi connectivity index (χ2v) is 8.76. The molecule has 0 saturated heterocycles. The second-order valence-electron chi connectivity index (χ2n) is 5.42. The lowest BCUT2D eigenvalue weighted by atomic mass is 10.3. The average Bonchev–Trinajstić information content (AvgIpc) is 2.30. The smallest absolute Gasteiger partial charge is 0.0968 e. The molecule has 0 aromatic rings. The third-order valence-corrected chi connectivity index (χ3v) is 6.59. The van der Waals surface area contributed by atoms with Gasteiger partial charge in [-0.25, -0.2) is 0 Å². The van der Waals surface area contributed by atoms with Crippen molar-refractivity contribution in [1.29, 1.82) is 0 Å². The first-order chi connectivity index (χ1) is 7.95. The Morgan fingerprint density at radius 2 is 1.41 bits per heavy atom. The largest absolute Gasteiger partial charge is 0.380 e. The molecule has 0 spiro atoms. The van der Waals surface area contributed by atoms with Gasteiger partial charge < -0.3 is 9.47 Å². The molecule has 0 fully saturated rings. The van der Waals surface area contributed by atoms with E-state index in [4.69, 9.17) is 9.47 Å². The molecule has 2 unspecified atom stereocenters. The van der Waals surface area contributed by atoms with E-state index in [2.05, 4.69) is 41.5 Å². The Hall–Kier alpha value is 0.137. The van der Waals surface area contributed by atoms with Gasteiger partial charge in [-0.2, -0.15) is 0 Å². The zero-order valence-corrected chi connectivity index (χ0v) is 14.2. The summed E-state index contributed by atoms with van der Waals surface area (Å²) in [5.41, 5.74) is 0. The third-order valence-electron chi connectivity index (χ3n) is 3.68. The first-order valence-electron chi connectivity index (χ1n) is 7.23. The van der Waals surface area contributed by atoms with Gasteiger partial charge in [0.2, 0.25) is 0 Å². The van der Waals surface area contributed by atoms with Crippen molar-refractivity contribution in [2.45, 2.75) is 77.7 Å². The molecule has 0 radical (unpaired) electrons. The van der Waals surface area contributed by atoms with Crippen LogP contribution in [0.5, 0.6) is 0 Å². The summed E-state index contributed by atoms with van der Waals surface area (Å²) in [6, 6.07) is 0. The van der Waals surface area contributed by atoms with Crippen LogP contribution in [0.15, 0.2) is 0 Å². The summed E-state index contributed by atoms with van der Waals surface area (Å²) >= 11 is 0. The molecular formula is C14H32O2Si. The molecule has 0 rings (SSSR count). The Kier molecular flexibility index (Phi) is 8.34. The summed E-state index contributed by atoms with van der Waals surface area (Å²) in [6.45, 7) is 15.0. The van der Waals surface area contributed by atoms with Crippen LogP contribution in [0.4, 0.5) is 0 Å². The van der Waals surface area contributed by atoms with E-state index in [9.17, 15) is 0 Å². The Balaban J connectivity index is 4.41. The van der Waals surface area contributed by atoms with Crippen molar-refractivity contribution in [2.24, 2.45) is 0 Å². The van der Waals surface area contributed by atoms with Crippen LogP contribution in [-0.2, 0) is 9.47 Å². The molecule has 0 aliphatic heterocycles. The van der Waals surface area contributed by atoms with Crippen LogP contribution in [0, 0.1) is 0 Å². The van der Waals surface area contributed by atoms with Gasteiger partial charge in [0.25, 0.3) is 0 Å². The maximum atomic E-state index is 6.14. The van der Waals surface area contributed by atoms with Gasteiger partial charge in [0.15, 0.2) is 0 Å². The van der Waals surface area contributed by atoms with Crippen LogP contribution in [0.3, 0.4) is 0 Å². The van der Waals surface area contributed by atoms with Gasteiger partial charge in [-0.1, -0.05) is 27.2 Å². The minimum absolute atomic E-state index is 0.0890. The first kappa shape index (κ1) is 17.1. The van der Waals surface area contributed by atoms with E-state index in [1.54, 1.807) is 0 Å². The summed E-state index contributed by atoms with van der Waals surface area (Å²) in [5, 5.41) is 0.181. The fourth-order valence-electron chi connectivity index (χ4n) is 2.16. The molecule has 0 amide bonds. The van der Waals surface area contributed by atoms with Crippen LogP contribution in [0.1, 0.15) is 67.2 Å². The highest BCUT2D eigenvalue weighted by Crippen LogP contribution is 2.24. The maximum absolute atomic E-state index is 6.14. The Morgan fingerprint density at radius 1 is 0.882 bits per heavy atom.